The number of rotatable bonds is 3. The molecule has 0 aliphatic rings. The van der Waals surface area contributed by atoms with E-state index in [9.17, 15) is 22.0 Å². The van der Waals surface area contributed by atoms with E-state index in [-0.39, 0.29) is 25.5 Å². The van der Waals surface area contributed by atoms with Gasteiger partial charge < -0.3 is 4.98 Å². The van der Waals surface area contributed by atoms with Crippen molar-refractivity contribution >= 4 is 32.3 Å². The average Bonchev–Trinajstić information content (AvgIpc) is 2.90. The van der Waals surface area contributed by atoms with Crippen LogP contribution in [0.3, 0.4) is 0 Å². The normalized spacial score (nSPS) is 12.2. The Bertz CT molecular complexity index is 1890. The molecule has 0 fully saturated rings. The summed E-state index contributed by atoms with van der Waals surface area (Å²) in [6.07, 6.45) is -3.92. The third kappa shape index (κ3) is 4.57. The topological polar surface area (TPSA) is 12.9 Å². The Morgan fingerprint density at radius 2 is 1.40 bits per heavy atom. The zero-order valence-electron chi connectivity index (χ0n) is 21.3. The van der Waals surface area contributed by atoms with Crippen LogP contribution in [0.25, 0.3) is 54.7 Å². The molecule has 1 nitrogen and oxygen atoms in total. The predicted octanol–water partition coefficient (Wildman–Crippen LogP) is 9.94. The van der Waals surface area contributed by atoms with Gasteiger partial charge >= 0.3 is 12.1 Å². The minimum absolute atomic E-state index is 0. The Balaban J connectivity index is 0.00000323. The first-order chi connectivity index (χ1) is 18.5. The summed E-state index contributed by atoms with van der Waals surface area (Å²) in [4.78, 5) is 4.64. The summed E-state index contributed by atoms with van der Waals surface area (Å²) in [5.74, 6) is -4.97. The SMILES string of the molecule is Cc1[c-]c(-c2nccc3c2ccc2cc(-c4ccc(C(F)(F)C(F)(F)F)c5ccccc45)ccc23)cc(C)c1.[Ir]. The number of benzene rings is 5. The fourth-order valence-corrected chi connectivity index (χ4v) is 5.38. The molecule has 40 heavy (non-hydrogen) atoms. The maximum absolute atomic E-state index is 14.4. The monoisotopic (exact) mass is 719 g/mol. The molecule has 0 saturated heterocycles. The molecule has 0 atom stereocenters. The number of alkyl halides is 5. The molecule has 6 aromatic rings. The molecule has 5 aromatic carbocycles. The van der Waals surface area contributed by atoms with E-state index in [0.29, 0.717) is 10.9 Å². The summed E-state index contributed by atoms with van der Waals surface area (Å²) in [5.41, 5.74) is 4.14. The minimum atomic E-state index is -5.69. The molecule has 1 aromatic heterocycles. The van der Waals surface area contributed by atoms with Crippen LogP contribution in [0, 0.1) is 19.9 Å². The summed E-state index contributed by atoms with van der Waals surface area (Å²) in [6.45, 7) is 4.03. The van der Waals surface area contributed by atoms with Crippen molar-refractivity contribution in [2.24, 2.45) is 0 Å². The van der Waals surface area contributed by atoms with Gasteiger partial charge in [0.1, 0.15) is 0 Å². The summed E-state index contributed by atoms with van der Waals surface area (Å²) in [7, 11) is 0. The van der Waals surface area contributed by atoms with E-state index in [1.807, 2.05) is 50.2 Å². The molecule has 0 unspecified atom stereocenters. The van der Waals surface area contributed by atoms with Crippen molar-refractivity contribution in [1.82, 2.24) is 4.98 Å². The predicted molar refractivity (Wildman–Crippen MR) is 146 cm³/mol. The molecule has 0 aliphatic heterocycles. The Labute approximate surface area is 241 Å². The maximum atomic E-state index is 14.4. The first-order valence-electron chi connectivity index (χ1n) is 12.3. The van der Waals surface area contributed by atoms with Crippen molar-refractivity contribution in [1.29, 1.82) is 0 Å². The molecule has 203 valence electrons. The molecule has 0 bridgehead atoms. The number of hydrogen-bond acceptors (Lipinski definition) is 1. The van der Waals surface area contributed by atoms with E-state index < -0.39 is 17.7 Å². The van der Waals surface area contributed by atoms with Crippen LogP contribution in [0.15, 0.2) is 91.1 Å². The van der Waals surface area contributed by atoms with Gasteiger partial charge in [0.25, 0.3) is 0 Å². The van der Waals surface area contributed by atoms with Gasteiger partial charge in [0.15, 0.2) is 0 Å². The number of pyridine rings is 1. The van der Waals surface area contributed by atoms with Crippen LogP contribution in [-0.2, 0) is 26.0 Å². The van der Waals surface area contributed by atoms with Crippen molar-refractivity contribution in [3.05, 3.63) is 114 Å². The Morgan fingerprint density at radius 3 is 2.12 bits per heavy atom. The molecule has 7 heteroatoms. The molecule has 1 heterocycles. The van der Waals surface area contributed by atoms with Crippen LogP contribution in [0.4, 0.5) is 22.0 Å². The summed E-state index contributed by atoms with van der Waals surface area (Å²) < 4.78 is 68.3. The van der Waals surface area contributed by atoms with Gasteiger partial charge in [-0.15, -0.1) is 34.9 Å². The fraction of sp³-hybridized carbons (Fsp3) is 0.121. The minimum Gasteiger partial charge on any atom is -0.304 e. The smallest absolute Gasteiger partial charge is 0.304 e. The number of hydrogen-bond donors (Lipinski definition) is 0. The Kier molecular flexibility index (Phi) is 7.01. The zero-order chi connectivity index (χ0) is 27.5. The Morgan fingerprint density at radius 1 is 0.675 bits per heavy atom. The molecule has 0 aliphatic carbocycles. The van der Waals surface area contributed by atoms with E-state index in [1.54, 1.807) is 18.3 Å². The number of nitrogens with zero attached hydrogens (tertiary/aromatic N) is 1. The van der Waals surface area contributed by atoms with Gasteiger partial charge in [-0.1, -0.05) is 74.5 Å². The number of fused-ring (bicyclic) bond motifs is 4. The molecule has 1 radical (unpaired) electrons. The molecule has 0 amide bonds. The Hall–Kier alpha value is -3.67. The van der Waals surface area contributed by atoms with Crippen molar-refractivity contribution in [2.75, 3.05) is 0 Å². The van der Waals surface area contributed by atoms with Gasteiger partial charge in [-0.3, -0.25) is 0 Å². The third-order valence-electron chi connectivity index (χ3n) is 7.09. The number of aromatic nitrogens is 1. The van der Waals surface area contributed by atoms with Gasteiger partial charge in [-0.2, -0.15) is 22.0 Å². The van der Waals surface area contributed by atoms with E-state index in [2.05, 4.69) is 23.2 Å². The van der Waals surface area contributed by atoms with Crippen LogP contribution in [-0.4, -0.2) is 11.2 Å². The van der Waals surface area contributed by atoms with Gasteiger partial charge in [0, 0.05) is 31.9 Å². The van der Waals surface area contributed by atoms with Crippen LogP contribution in [0.2, 0.25) is 0 Å². The zero-order valence-corrected chi connectivity index (χ0v) is 23.7. The second-order valence-corrected chi connectivity index (χ2v) is 9.79. The molecule has 0 N–H and O–H groups in total. The van der Waals surface area contributed by atoms with Crippen LogP contribution < -0.4 is 0 Å². The average molecular weight is 719 g/mol. The van der Waals surface area contributed by atoms with E-state index in [1.165, 1.54) is 18.2 Å². The molecule has 0 saturated carbocycles. The van der Waals surface area contributed by atoms with Gasteiger partial charge in [-0.05, 0) is 61.3 Å². The molecular formula is C33H21F5IrN-. The van der Waals surface area contributed by atoms with Crippen molar-refractivity contribution in [3.63, 3.8) is 0 Å². The van der Waals surface area contributed by atoms with Gasteiger partial charge in [0.2, 0.25) is 0 Å². The standard InChI is InChI=1S/C33H21F5N.Ir/c1-19-15-20(2)17-23(16-19)31-29-10-8-22-18-21(7-9-24(22)27(29)13-14-39-31)25-11-12-30(32(34,35)33(36,37)38)28-6-4-3-5-26(25)28;/h3-16,18H,1-2H3;/q-1;. The summed E-state index contributed by atoms with van der Waals surface area (Å²) >= 11 is 0. The van der Waals surface area contributed by atoms with Crippen molar-refractivity contribution < 1.29 is 42.1 Å². The largest absolute Gasteiger partial charge is 0.458 e. The van der Waals surface area contributed by atoms with Gasteiger partial charge in [-0.25, -0.2) is 0 Å². The number of halogens is 5. The molecule has 6 rings (SSSR count). The van der Waals surface area contributed by atoms with Crippen LogP contribution in [0.1, 0.15) is 16.7 Å². The molecular weight excluding hydrogens is 698 g/mol. The summed E-state index contributed by atoms with van der Waals surface area (Å²) in [5, 5.41) is 4.07. The first kappa shape index (κ1) is 27.9. The second-order valence-electron chi connectivity index (χ2n) is 9.79. The van der Waals surface area contributed by atoms with Crippen molar-refractivity contribution in [3.8, 4) is 22.4 Å². The fourth-order valence-electron chi connectivity index (χ4n) is 5.38. The summed E-state index contributed by atoms with van der Waals surface area (Å²) in [6, 6.07) is 27.4. The second kappa shape index (κ2) is 10.1. The van der Waals surface area contributed by atoms with E-state index in [4.69, 9.17) is 0 Å². The number of aryl methyl sites for hydroxylation is 2. The van der Waals surface area contributed by atoms with Crippen LogP contribution >= 0.6 is 0 Å². The van der Waals surface area contributed by atoms with Crippen molar-refractivity contribution in [2.45, 2.75) is 25.9 Å². The quantitative estimate of drug-likeness (QED) is 0.101. The third-order valence-corrected chi connectivity index (χ3v) is 7.09. The molecule has 0 spiro atoms. The first-order valence-corrected chi connectivity index (χ1v) is 12.3. The van der Waals surface area contributed by atoms with Gasteiger partial charge in [0.05, 0.1) is 0 Å². The van der Waals surface area contributed by atoms with E-state index in [0.717, 1.165) is 55.6 Å². The van der Waals surface area contributed by atoms with Crippen LogP contribution in [0.5, 0.6) is 0 Å². The van der Waals surface area contributed by atoms with E-state index >= 15 is 0 Å². The maximum Gasteiger partial charge on any atom is 0.458 e.